The van der Waals surface area contributed by atoms with Gasteiger partial charge in [0.2, 0.25) is 0 Å². The van der Waals surface area contributed by atoms with E-state index in [1.165, 1.54) is 30.3 Å². The topological polar surface area (TPSA) is 44.1 Å². The molecule has 0 saturated heterocycles. The summed E-state index contributed by atoms with van der Waals surface area (Å²) in [4.78, 5) is 14.1. The quantitative estimate of drug-likeness (QED) is 0.580. The van der Waals surface area contributed by atoms with Gasteiger partial charge in [-0.3, -0.25) is 4.79 Å². The summed E-state index contributed by atoms with van der Waals surface area (Å²) in [7, 11) is 0. The van der Waals surface area contributed by atoms with E-state index < -0.39 is 0 Å². The number of nitrogens with zero attached hydrogens (tertiary/aromatic N) is 2. The molecule has 0 unspecified atom stereocenters. The molecule has 1 aliphatic rings. The highest BCUT2D eigenvalue weighted by atomic mass is 19.1. The molecule has 1 heterocycles. The molecule has 0 N–H and O–H groups in total. The Hall–Kier alpha value is -3.45. The largest absolute Gasteiger partial charge is 0.349 e. The lowest BCUT2D eigenvalue weighted by Gasteiger charge is -2.22. The van der Waals surface area contributed by atoms with Gasteiger partial charge in [0.1, 0.15) is 5.82 Å². The first-order valence-corrected chi connectivity index (χ1v) is 8.23. The lowest BCUT2D eigenvalue weighted by atomic mass is 10.0. The zero-order chi connectivity index (χ0) is 18.4. The molecule has 0 aromatic heterocycles. The van der Waals surface area contributed by atoms with Crippen LogP contribution >= 0.6 is 0 Å². The van der Waals surface area contributed by atoms with Gasteiger partial charge in [0.05, 0.1) is 11.6 Å². The molecular formula is C22H17FN2O. The number of carbonyl (C=O) groups excluding carboxylic acids is 1. The molecule has 0 radical (unpaired) electrons. The molecule has 0 amide bonds. The van der Waals surface area contributed by atoms with E-state index in [4.69, 9.17) is 0 Å². The van der Waals surface area contributed by atoms with E-state index >= 15 is 0 Å². The van der Waals surface area contributed by atoms with Crippen LogP contribution < -0.4 is 0 Å². The zero-order valence-electron chi connectivity index (χ0n) is 14.1. The van der Waals surface area contributed by atoms with Crippen LogP contribution in [-0.4, -0.2) is 10.7 Å². The molecule has 0 saturated carbocycles. The summed E-state index contributed by atoms with van der Waals surface area (Å²) < 4.78 is 12.9. The van der Waals surface area contributed by atoms with Crippen molar-refractivity contribution in [1.29, 1.82) is 5.26 Å². The molecular weight excluding hydrogens is 327 g/mol. The number of rotatable bonds is 5. The number of carbonyl (C=O) groups is 1. The first kappa shape index (κ1) is 17.4. The summed E-state index contributed by atoms with van der Waals surface area (Å²) >= 11 is 0. The Bertz CT molecular complexity index is 919. The molecule has 26 heavy (non-hydrogen) atoms. The van der Waals surface area contributed by atoms with Gasteiger partial charge in [-0.25, -0.2) is 4.39 Å². The number of hydrogen-bond acceptors (Lipinski definition) is 3. The molecule has 128 valence electrons. The number of hydrogen-bond donors (Lipinski definition) is 0. The van der Waals surface area contributed by atoms with Crippen LogP contribution in [0.25, 0.3) is 0 Å². The van der Waals surface area contributed by atoms with Crippen molar-refractivity contribution in [3.05, 3.63) is 107 Å². The Labute approximate surface area is 152 Å². The monoisotopic (exact) mass is 344 g/mol. The standard InChI is InChI=1S/C22H17FN2O/c23-21-9-7-20(8-10-21)22(26)11-6-18-12-19(13-24)16-25(15-18)14-17-4-2-1-3-5-17/h1-11,15-16H,12,14H2. The van der Waals surface area contributed by atoms with Crippen molar-refractivity contribution >= 4 is 5.78 Å². The Morgan fingerprint density at radius 3 is 2.54 bits per heavy atom. The van der Waals surface area contributed by atoms with Crippen LogP contribution in [0.1, 0.15) is 22.3 Å². The van der Waals surface area contributed by atoms with Gasteiger partial charge >= 0.3 is 0 Å². The summed E-state index contributed by atoms with van der Waals surface area (Å²) in [5.41, 5.74) is 3.06. The predicted octanol–water partition coefficient (Wildman–Crippen LogP) is 4.76. The van der Waals surface area contributed by atoms with Crippen LogP contribution in [-0.2, 0) is 6.54 Å². The zero-order valence-corrected chi connectivity index (χ0v) is 14.1. The van der Waals surface area contributed by atoms with Gasteiger partial charge in [0.15, 0.2) is 5.78 Å². The van der Waals surface area contributed by atoms with E-state index in [-0.39, 0.29) is 11.6 Å². The van der Waals surface area contributed by atoms with Gasteiger partial charge in [-0.15, -0.1) is 0 Å². The highest BCUT2D eigenvalue weighted by Gasteiger charge is 2.11. The molecule has 3 nitrogen and oxygen atoms in total. The summed E-state index contributed by atoms with van der Waals surface area (Å²) in [5, 5.41) is 9.28. The summed E-state index contributed by atoms with van der Waals surface area (Å²) in [6, 6.07) is 17.6. The Kier molecular flexibility index (Phi) is 5.40. The van der Waals surface area contributed by atoms with E-state index in [9.17, 15) is 14.4 Å². The van der Waals surface area contributed by atoms with Crippen LogP contribution in [0.15, 0.2) is 90.3 Å². The minimum atomic E-state index is -0.374. The molecule has 0 fully saturated rings. The first-order chi connectivity index (χ1) is 12.6. The van der Waals surface area contributed by atoms with Gasteiger partial charge in [-0.1, -0.05) is 36.4 Å². The Morgan fingerprint density at radius 2 is 1.85 bits per heavy atom. The summed E-state index contributed by atoms with van der Waals surface area (Å²) in [6.45, 7) is 0.648. The number of ketones is 1. The van der Waals surface area contributed by atoms with E-state index in [1.54, 1.807) is 6.08 Å². The number of nitriles is 1. The van der Waals surface area contributed by atoms with Crippen molar-refractivity contribution in [1.82, 2.24) is 4.90 Å². The fourth-order valence-electron chi connectivity index (χ4n) is 2.71. The lowest BCUT2D eigenvalue weighted by Crippen LogP contribution is -2.14. The Balaban J connectivity index is 1.74. The van der Waals surface area contributed by atoms with E-state index in [0.717, 1.165) is 11.1 Å². The predicted molar refractivity (Wildman–Crippen MR) is 98.3 cm³/mol. The molecule has 2 aromatic rings. The van der Waals surface area contributed by atoms with Crippen molar-refractivity contribution in [2.45, 2.75) is 13.0 Å². The minimum Gasteiger partial charge on any atom is -0.349 e. The molecule has 0 aliphatic carbocycles. The SMILES string of the molecule is N#CC1=CN(Cc2ccccc2)C=C(C=CC(=O)c2ccc(F)cc2)C1. The van der Waals surface area contributed by atoms with Crippen molar-refractivity contribution in [2.75, 3.05) is 0 Å². The highest BCUT2D eigenvalue weighted by molar-refractivity contribution is 6.04. The maximum absolute atomic E-state index is 12.9. The Morgan fingerprint density at radius 1 is 1.12 bits per heavy atom. The van der Waals surface area contributed by atoms with Gasteiger partial charge in [0, 0.05) is 30.9 Å². The molecule has 0 atom stereocenters. The number of allylic oxidation sites excluding steroid dienone is 4. The van der Waals surface area contributed by atoms with Crippen molar-refractivity contribution in [2.24, 2.45) is 0 Å². The van der Waals surface area contributed by atoms with Crippen LogP contribution in [0.4, 0.5) is 4.39 Å². The number of benzene rings is 2. The third-order valence-corrected chi connectivity index (χ3v) is 3.98. The molecule has 0 spiro atoms. The van der Waals surface area contributed by atoms with Crippen LogP contribution in [0, 0.1) is 17.1 Å². The highest BCUT2D eigenvalue weighted by Crippen LogP contribution is 2.21. The second kappa shape index (κ2) is 8.09. The third kappa shape index (κ3) is 4.55. The molecule has 1 aliphatic heterocycles. The average molecular weight is 344 g/mol. The third-order valence-electron chi connectivity index (χ3n) is 3.98. The van der Waals surface area contributed by atoms with Gasteiger partial charge in [0.25, 0.3) is 0 Å². The van der Waals surface area contributed by atoms with Crippen molar-refractivity contribution < 1.29 is 9.18 Å². The van der Waals surface area contributed by atoms with E-state index in [2.05, 4.69) is 6.07 Å². The molecule has 3 rings (SSSR count). The summed E-state index contributed by atoms with van der Waals surface area (Å²) in [5.74, 6) is -0.575. The van der Waals surface area contributed by atoms with Crippen molar-refractivity contribution in [3.63, 3.8) is 0 Å². The second-order valence-electron chi connectivity index (χ2n) is 6.01. The second-order valence-corrected chi connectivity index (χ2v) is 6.01. The maximum atomic E-state index is 12.9. The molecule has 4 heteroatoms. The number of halogens is 1. The van der Waals surface area contributed by atoms with Gasteiger partial charge < -0.3 is 4.90 Å². The maximum Gasteiger partial charge on any atom is 0.185 e. The molecule has 0 bridgehead atoms. The van der Waals surface area contributed by atoms with Crippen LogP contribution in [0.3, 0.4) is 0 Å². The smallest absolute Gasteiger partial charge is 0.185 e. The van der Waals surface area contributed by atoms with Gasteiger partial charge in [-0.2, -0.15) is 5.26 Å². The fraction of sp³-hybridized carbons (Fsp3) is 0.0909. The molecule has 2 aromatic carbocycles. The van der Waals surface area contributed by atoms with E-state index in [1.807, 2.05) is 47.6 Å². The van der Waals surface area contributed by atoms with Crippen molar-refractivity contribution in [3.8, 4) is 6.07 Å². The normalized spacial score (nSPS) is 13.9. The van der Waals surface area contributed by atoms with Crippen LogP contribution in [0.5, 0.6) is 0 Å². The summed E-state index contributed by atoms with van der Waals surface area (Å²) in [6.07, 6.45) is 7.41. The van der Waals surface area contributed by atoms with Gasteiger partial charge in [-0.05, 0) is 41.5 Å². The minimum absolute atomic E-state index is 0.200. The first-order valence-electron chi connectivity index (χ1n) is 8.23. The average Bonchev–Trinajstić information content (AvgIpc) is 2.67. The lowest BCUT2D eigenvalue weighted by molar-refractivity contribution is 0.104. The van der Waals surface area contributed by atoms with E-state index in [0.29, 0.717) is 24.1 Å². The van der Waals surface area contributed by atoms with Crippen LogP contribution in [0.2, 0.25) is 0 Å². The fourth-order valence-corrected chi connectivity index (χ4v) is 2.71.